The number of halogens is 1. The van der Waals surface area contributed by atoms with Gasteiger partial charge in [-0.1, -0.05) is 47.5 Å². The first-order chi connectivity index (χ1) is 11.5. The molecule has 1 aliphatic rings. The molecular weight excluding hydrogens is 388 g/mol. The first-order valence-corrected chi connectivity index (χ1v) is 10.2. The van der Waals surface area contributed by atoms with Gasteiger partial charge in [0.05, 0.1) is 24.5 Å². The normalized spacial score (nSPS) is 23.2. The predicted octanol–water partition coefficient (Wildman–Crippen LogP) is 5.62. The molecule has 2 heterocycles. The lowest BCUT2D eigenvalue weighted by Crippen LogP contribution is -2.37. The van der Waals surface area contributed by atoms with Crippen LogP contribution in [0, 0.1) is 6.92 Å². The van der Waals surface area contributed by atoms with Crippen LogP contribution in [0.15, 0.2) is 18.2 Å². The van der Waals surface area contributed by atoms with E-state index in [2.05, 4.69) is 48.0 Å². The molecule has 130 valence electrons. The largest absolute Gasteiger partial charge is 0.466 e. The Bertz CT molecular complexity index is 754. The van der Waals surface area contributed by atoms with Crippen LogP contribution in [0.3, 0.4) is 0 Å². The Balaban J connectivity index is 2.16. The fourth-order valence-corrected chi connectivity index (χ4v) is 5.83. The highest BCUT2D eigenvalue weighted by atomic mass is 79.9. The average molecular weight is 411 g/mol. The molecule has 0 fully saturated rings. The summed E-state index contributed by atoms with van der Waals surface area (Å²) in [5, 5.41) is 1.28. The summed E-state index contributed by atoms with van der Waals surface area (Å²) in [5.74, 6) is -0.181. The van der Waals surface area contributed by atoms with E-state index < -0.39 is 5.60 Å². The number of alkyl halides is 1. The fourth-order valence-electron chi connectivity index (χ4n) is 3.56. The zero-order valence-corrected chi connectivity index (χ0v) is 16.8. The van der Waals surface area contributed by atoms with Crippen LogP contribution in [0.25, 0.3) is 10.1 Å². The number of aryl methyl sites for hydroxylation is 1. The molecule has 0 radical (unpaired) electrons. The van der Waals surface area contributed by atoms with Crippen LogP contribution < -0.4 is 0 Å². The van der Waals surface area contributed by atoms with Crippen LogP contribution in [0.1, 0.15) is 53.9 Å². The highest BCUT2D eigenvalue weighted by Gasteiger charge is 2.44. The number of fused-ring (bicyclic) bond motifs is 3. The van der Waals surface area contributed by atoms with Crippen molar-refractivity contribution in [2.45, 2.75) is 50.5 Å². The van der Waals surface area contributed by atoms with Gasteiger partial charge in [-0.05, 0) is 36.8 Å². The highest BCUT2D eigenvalue weighted by molar-refractivity contribution is 9.09. The average Bonchev–Trinajstić information content (AvgIpc) is 2.94. The van der Waals surface area contributed by atoms with Crippen LogP contribution >= 0.6 is 27.3 Å². The minimum atomic E-state index is -0.559. The number of esters is 1. The van der Waals surface area contributed by atoms with Gasteiger partial charge in [-0.3, -0.25) is 4.79 Å². The highest BCUT2D eigenvalue weighted by Crippen LogP contribution is 2.52. The Morgan fingerprint density at radius 1 is 1.46 bits per heavy atom. The first-order valence-electron chi connectivity index (χ1n) is 8.48. The molecule has 0 saturated carbocycles. The van der Waals surface area contributed by atoms with E-state index in [1.165, 1.54) is 26.1 Å². The summed E-state index contributed by atoms with van der Waals surface area (Å²) >= 11 is 5.55. The van der Waals surface area contributed by atoms with Crippen LogP contribution in [0.4, 0.5) is 0 Å². The van der Waals surface area contributed by atoms with Crippen molar-refractivity contribution in [3.05, 3.63) is 34.2 Å². The second-order valence-electron chi connectivity index (χ2n) is 6.30. The van der Waals surface area contributed by atoms with Crippen LogP contribution in [-0.2, 0) is 19.9 Å². The second kappa shape index (κ2) is 7.14. The molecule has 1 aromatic carbocycles. The van der Waals surface area contributed by atoms with Gasteiger partial charge < -0.3 is 9.47 Å². The predicted molar refractivity (Wildman–Crippen MR) is 102 cm³/mol. The Morgan fingerprint density at radius 2 is 2.25 bits per heavy atom. The minimum Gasteiger partial charge on any atom is -0.466 e. The van der Waals surface area contributed by atoms with Crippen LogP contribution in [0.5, 0.6) is 0 Å². The van der Waals surface area contributed by atoms with Gasteiger partial charge in [0.2, 0.25) is 0 Å². The maximum Gasteiger partial charge on any atom is 0.309 e. The van der Waals surface area contributed by atoms with E-state index in [4.69, 9.17) is 9.47 Å². The summed E-state index contributed by atoms with van der Waals surface area (Å²) in [7, 11) is 0. The molecular formula is C19H23BrO3S. The quantitative estimate of drug-likeness (QED) is 0.473. The van der Waals surface area contributed by atoms with E-state index >= 15 is 0 Å². The standard InChI is InChI=1S/C19H23BrO3S/c1-4-9-19(10-15(21)22-5-2)18-16(14(20)11-23-19)13-8-6-7-12(3)17(13)24-18/h6-8,14H,4-5,9-11H2,1-3H3. The molecule has 0 bridgehead atoms. The van der Waals surface area contributed by atoms with Gasteiger partial charge in [-0.25, -0.2) is 0 Å². The number of carbonyl (C=O) groups excluding carboxylic acids is 1. The van der Waals surface area contributed by atoms with Crippen molar-refractivity contribution in [1.29, 1.82) is 0 Å². The van der Waals surface area contributed by atoms with Gasteiger partial charge in [0, 0.05) is 9.58 Å². The maximum atomic E-state index is 12.3. The van der Waals surface area contributed by atoms with Crippen molar-refractivity contribution in [3.8, 4) is 0 Å². The third-order valence-electron chi connectivity index (χ3n) is 4.57. The van der Waals surface area contributed by atoms with Crippen molar-refractivity contribution in [1.82, 2.24) is 0 Å². The third-order valence-corrected chi connectivity index (χ3v) is 6.84. The number of rotatable bonds is 5. The Labute approximate surface area is 155 Å². The van der Waals surface area contributed by atoms with Gasteiger partial charge >= 0.3 is 5.97 Å². The van der Waals surface area contributed by atoms with Crippen LogP contribution in [-0.4, -0.2) is 19.2 Å². The molecule has 0 N–H and O–H groups in total. The van der Waals surface area contributed by atoms with Crippen LogP contribution in [0.2, 0.25) is 0 Å². The van der Waals surface area contributed by atoms with E-state index in [0.29, 0.717) is 13.2 Å². The van der Waals surface area contributed by atoms with E-state index in [9.17, 15) is 4.79 Å². The van der Waals surface area contributed by atoms with Crippen molar-refractivity contribution in [2.24, 2.45) is 0 Å². The number of hydrogen-bond donors (Lipinski definition) is 0. The number of hydrogen-bond acceptors (Lipinski definition) is 4. The summed E-state index contributed by atoms with van der Waals surface area (Å²) < 4.78 is 12.8. The Kier molecular flexibility index (Phi) is 5.33. The molecule has 1 aliphatic heterocycles. The zero-order valence-electron chi connectivity index (χ0n) is 14.4. The second-order valence-corrected chi connectivity index (χ2v) is 8.43. The molecule has 24 heavy (non-hydrogen) atoms. The molecule has 2 atom stereocenters. The van der Waals surface area contributed by atoms with Gasteiger partial charge in [-0.2, -0.15) is 0 Å². The SMILES string of the molecule is CCCC1(CC(=O)OCC)OCC(Br)c2c1sc1c(C)cccc21. The summed E-state index contributed by atoms with van der Waals surface area (Å²) in [6, 6.07) is 6.42. The molecule has 0 saturated heterocycles. The maximum absolute atomic E-state index is 12.3. The van der Waals surface area contributed by atoms with E-state index in [1.54, 1.807) is 11.3 Å². The van der Waals surface area contributed by atoms with E-state index in [0.717, 1.165) is 12.8 Å². The Morgan fingerprint density at radius 3 is 2.96 bits per heavy atom. The zero-order chi connectivity index (χ0) is 17.3. The molecule has 1 aromatic heterocycles. The summed E-state index contributed by atoms with van der Waals surface area (Å²) in [6.45, 7) is 7.09. The van der Waals surface area contributed by atoms with Crippen molar-refractivity contribution < 1.29 is 14.3 Å². The lowest BCUT2D eigenvalue weighted by Gasteiger charge is -2.38. The van der Waals surface area contributed by atoms with Crippen molar-refractivity contribution in [2.75, 3.05) is 13.2 Å². The summed E-state index contributed by atoms with van der Waals surface area (Å²) in [5.41, 5.74) is 2.01. The van der Waals surface area contributed by atoms with E-state index in [-0.39, 0.29) is 17.2 Å². The van der Waals surface area contributed by atoms with Gasteiger partial charge in [0.25, 0.3) is 0 Å². The lowest BCUT2D eigenvalue weighted by molar-refractivity contribution is -0.154. The Hall–Kier alpha value is -0.910. The molecule has 2 unspecified atom stereocenters. The molecule has 0 spiro atoms. The smallest absolute Gasteiger partial charge is 0.309 e. The molecule has 3 nitrogen and oxygen atoms in total. The number of ether oxygens (including phenoxy) is 2. The fraction of sp³-hybridized carbons (Fsp3) is 0.526. The van der Waals surface area contributed by atoms with Crippen molar-refractivity contribution >= 4 is 43.3 Å². The molecule has 3 rings (SSSR count). The molecule has 2 aromatic rings. The third kappa shape index (κ3) is 3.02. The summed E-state index contributed by atoms with van der Waals surface area (Å²) in [4.78, 5) is 13.6. The van der Waals surface area contributed by atoms with E-state index in [1.807, 2.05) is 6.92 Å². The monoisotopic (exact) mass is 410 g/mol. The summed E-state index contributed by atoms with van der Waals surface area (Å²) in [6.07, 6.45) is 2.07. The van der Waals surface area contributed by atoms with Gasteiger partial charge in [-0.15, -0.1) is 11.3 Å². The molecule has 0 aliphatic carbocycles. The number of carbonyl (C=O) groups is 1. The minimum absolute atomic E-state index is 0.162. The van der Waals surface area contributed by atoms with Gasteiger partial charge in [0.15, 0.2) is 0 Å². The van der Waals surface area contributed by atoms with Gasteiger partial charge in [0.1, 0.15) is 5.60 Å². The molecule has 5 heteroatoms. The van der Waals surface area contributed by atoms with Crippen molar-refractivity contribution in [3.63, 3.8) is 0 Å². The topological polar surface area (TPSA) is 35.5 Å². The number of benzene rings is 1. The first kappa shape index (κ1) is 17.9. The lowest BCUT2D eigenvalue weighted by atomic mass is 9.86. The number of thiophene rings is 1. The molecule has 0 amide bonds.